The van der Waals surface area contributed by atoms with Crippen LogP contribution in [-0.4, -0.2) is 16.4 Å². The minimum Gasteiger partial charge on any atom is -0.301 e. The minimum atomic E-state index is 0.535. The predicted molar refractivity (Wildman–Crippen MR) is 72.6 cm³/mol. The van der Waals surface area contributed by atoms with Crippen LogP contribution in [0.3, 0.4) is 0 Å². The standard InChI is InChI=1S/C12H22BrN3O/c1-5-10-12(13)11(16(6-2)15-10)7-14-17-8-9(3)4/h9,14H,5-8H2,1-4H3. The van der Waals surface area contributed by atoms with Gasteiger partial charge in [0.15, 0.2) is 0 Å². The maximum atomic E-state index is 5.38. The summed E-state index contributed by atoms with van der Waals surface area (Å²) < 4.78 is 3.11. The number of hydroxylamine groups is 1. The Kier molecular flexibility index (Phi) is 6.16. The van der Waals surface area contributed by atoms with Gasteiger partial charge in [0.05, 0.1) is 29.0 Å². The van der Waals surface area contributed by atoms with E-state index in [1.807, 2.05) is 4.68 Å². The Labute approximate surface area is 112 Å². The third-order valence-electron chi connectivity index (χ3n) is 2.45. The number of nitrogens with one attached hydrogen (secondary N) is 1. The average Bonchev–Trinajstić information content (AvgIpc) is 2.61. The second-order valence-corrected chi connectivity index (χ2v) is 5.20. The van der Waals surface area contributed by atoms with Gasteiger partial charge in [-0.25, -0.2) is 0 Å². The Hall–Kier alpha value is -0.390. The summed E-state index contributed by atoms with van der Waals surface area (Å²) >= 11 is 3.61. The van der Waals surface area contributed by atoms with E-state index in [0.717, 1.165) is 35.4 Å². The molecule has 0 saturated carbocycles. The highest BCUT2D eigenvalue weighted by Crippen LogP contribution is 2.22. The van der Waals surface area contributed by atoms with Crippen molar-refractivity contribution in [3.8, 4) is 0 Å². The normalized spacial score (nSPS) is 11.4. The highest BCUT2D eigenvalue weighted by atomic mass is 79.9. The SMILES string of the molecule is CCc1nn(CC)c(CNOCC(C)C)c1Br. The Morgan fingerprint density at radius 1 is 1.41 bits per heavy atom. The van der Waals surface area contributed by atoms with Crippen LogP contribution in [-0.2, 0) is 24.3 Å². The van der Waals surface area contributed by atoms with Crippen LogP contribution in [0.25, 0.3) is 0 Å². The van der Waals surface area contributed by atoms with E-state index < -0.39 is 0 Å². The van der Waals surface area contributed by atoms with Gasteiger partial charge in [0.2, 0.25) is 0 Å². The molecular weight excluding hydrogens is 282 g/mol. The molecule has 1 heterocycles. The van der Waals surface area contributed by atoms with E-state index in [4.69, 9.17) is 4.84 Å². The predicted octanol–water partition coefficient (Wildman–Crippen LogP) is 2.91. The van der Waals surface area contributed by atoms with Crippen LogP contribution in [0, 0.1) is 5.92 Å². The molecule has 98 valence electrons. The van der Waals surface area contributed by atoms with Crippen molar-refractivity contribution in [3.63, 3.8) is 0 Å². The van der Waals surface area contributed by atoms with Gasteiger partial charge in [0.25, 0.3) is 0 Å². The number of nitrogens with zero attached hydrogens (tertiary/aromatic N) is 2. The summed E-state index contributed by atoms with van der Waals surface area (Å²) in [6.45, 7) is 10.7. The summed E-state index contributed by atoms with van der Waals surface area (Å²) in [5.41, 5.74) is 5.25. The van der Waals surface area contributed by atoms with Crippen molar-refractivity contribution in [2.45, 2.75) is 47.2 Å². The maximum absolute atomic E-state index is 5.38. The van der Waals surface area contributed by atoms with Crippen LogP contribution >= 0.6 is 15.9 Å². The topological polar surface area (TPSA) is 39.1 Å². The van der Waals surface area contributed by atoms with Crippen molar-refractivity contribution in [2.24, 2.45) is 5.92 Å². The fourth-order valence-corrected chi connectivity index (χ4v) is 2.24. The van der Waals surface area contributed by atoms with Gasteiger partial charge in [-0.05, 0) is 35.2 Å². The molecule has 0 fully saturated rings. The zero-order valence-corrected chi connectivity index (χ0v) is 12.7. The Morgan fingerprint density at radius 2 is 2.12 bits per heavy atom. The van der Waals surface area contributed by atoms with Crippen molar-refractivity contribution in [1.82, 2.24) is 15.3 Å². The fourth-order valence-electron chi connectivity index (χ4n) is 1.53. The lowest BCUT2D eigenvalue weighted by molar-refractivity contribution is 0.0183. The fraction of sp³-hybridized carbons (Fsp3) is 0.750. The van der Waals surface area contributed by atoms with E-state index in [2.05, 4.69) is 54.2 Å². The van der Waals surface area contributed by atoms with Gasteiger partial charge in [-0.2, -0.15) is 10.6 Å². The van der Waals surface area contributed by atoms with Gasteiger partial charge in [0.1, 0.15) is 0 Å². The molecule has 1 aromatic heterocycles. The molecule has 0 spiro atoms. The van der Waals surface area contributed by atoms with Crippen molar-refractivity contribution in [3.05, 3.63) is 15.9 Å². The molecular formula is C12H22BrN3O. The molecule has 0 radical (unpaired) electrons. The first-order valence-electron chi connectivity index (χ1n) is 6.18. The number of aromatic nitrogens is 2. The van der Waals surface area contributed by atoms with Crippen LogP contribution in [0.15, 0.2) is 4.47 Å². The lowest BCUT2D eigenvalue weighted by Gasteiger charge is -2.09. The summed E-state index contributed by atoms with van der Waals surface area (Å²) in [5.74, 6) is 0.535. The van der Waals surface area contributed by atoms with Gasteiger partial charge in [-0.1, -0.05) is 20.8 Å². The first kappa shape index (κ1) is 14.7. The number of rotatable bonds is 7. The van der Waals surface area contributed by atoms with E-state index >= 15 is 0 Å². The number of halogens is 1. The highest BCUT2D eigenvalue weighted by molar-refractivity contribution is 9.10. The van der Waals surface area contributed by atoms with E-state index in [0.29, 0.717) is 12.5 Å². The summed E-state index contributed by atoms with van der Waals surface area (Å²) in [6.07, 6.45) is 0.938. The van der Waals surface area contributed by atoms with Gasteiger partial charge in [-0.15, -0.1) is 0 Å². The molecule has 17 heavy (non-hydrogen) atoms. The van der Waals surface area contributed by atoms with E-state index in [1.54, 1.807) is 0 Å². The molecule has 0 atom stereocenters. The quantitative estimate of drug-likeness (QED) is 0.622. The van der Waals surface area contributed by atoms with Crippen LogP contribution in [0.5, 0.6) is 0 Å². The lowest BCUT2D eigenvalue weighted by atomic mass is 10.2. The maximum Gasteiger partial charge on any atom is 0.0767 e. The smallest absolute Gasteiger partial charge is 0.0767 e. The molecule has 1 rings (SSSR count). The zero-order valence-electron chi connectivity index (χ0n) is 11.1. The van der Waals surface area contributed by atoms with Crippen molar-refractivity contribution >= 4 is 15.9 Å². The molecule has 0 amide bonds. The van der Waals surface area contributed by atoms with Crippen molar-refractivity contribution < 1.29 is 4.84 Å². The van der Waals surface area contributed by atoms with E-state index in [-0.39, 0.29) is 0 Å². The van der Waals surface area contributed by atoms with Crippen LogP contribution in [0.1, 0.15) is 39.1 Å². The summed E-state index contributed by atoms with van der Waals surface area (Å²) in [6, 6.07) is 0. The van der Waals surface area contributed by atoms with Gasteiger partial charge < -0.3 is 4.84 Å². The molecule has 5 heteroatoms. The summed E-state index contributed by atoms with van der Waals surface area (Å²) in [7, 11) is 0. The van der Waals surface area contributed by atoms with Crippen molar-refractivity contribution in [1.29, 1.82) is 0 Å². The summed E-state index contributed by atoms with van der Waals surface area (Å²) in [4.78, 5) is 5.38. The monoisotopic (exact) mass is 303 g/mol. The number of aryl methyl sites for hydroxylation is 2. The molecule has 0 unspecified atom stereocenters. The van der Waals surface area contributed by atoms with Gasteiger partial charge in [-0.3, -0.25) is 4.68 Å². The molecule has 0 aliphatic heterocycles. The molecule has 1 aromatic rings. The molecule has 0 saturated heterocycles. The third kappa shape index (κ3) is 4.08. The summed E-state index contributed by atoms with van der Waals surface area (Å²) in [5, 5.41) is 4.53. The molecule has 0 aliphatic carbocycles. The Bertz CT molecular complexity index is 350. The molecule has 0 aromatic carbocycles. The highest BCUT2D eigenvalue weighted by Gasteiger charge is 2.13. The zero-order chi connectivity index (χ0) is 12.8. The van der Waals surface area contributed by atoms with Crippen LogP contribution in [0.4, 0.5) is 0 Å². The Morgan fingerprint density at radius 3 is 2.65 bits per heavy atom. The van der Waals surface area contributed by atoms with Gasteiger partial charge >= 0.3 is 0 Å². The first-order valence-corrected chi connectivity index (χ1v) is 6.98. The lowest BCUT2D eigenvalue weighted by Crippen LogP contribution is -2.19. The number of hydrogen-bond acceptors (Lipinski definition) is 3. The average molecular weight is 304 g/mol. The largest absolute Gasteiger partial charge is 0.301 e. The third-order valence-corrected chi connectivity index (χ3v) is 3.37. The van der Waals surface area contributed by atoms with Crippen LogP contribution < -0.4 is 5.48 Å². The molecule has 4 nitrogen and oxygen atoms in total. The van der Waals surface area contributed by atoms with E-state index in [1.165, 1.54) is 0 Å². The van der Waals surface area contributed by atoms with Crippen molar-refractivity contribution in [2.75, 3.05) is 6.61 Å². The Balaban J connectivity index is 2.59. The second kappa shape index (κ2) is 7.13. The second-order valence-electron chi connectivity index (χ2n) is 4.40. The molecule has 0 aliphatic rings. The number of hydrogen-bond donors (Lipinski definition) is 1. The van der Waals surface area contributed by atoms with Gasteiger partial charge in [0, 0.05) is 6.54 Å². The minimum absolute atomic E-state index is 0.535. The van der Waals surface area contributed by atoms with E-state index in [9.17, 15) is 0 Å². The molecule has 0 bridgehead atoms. The van der Waals surface area contributed by atoms with Crippen LogP contribution in [0.2, 0.25) is 0 Å². The molecule has 1 N–H and O–H groups in total. The first-order chi connectivity index (χ1) is 8.10.